The molecule has 0 unspecified atom stereocenters. The van der Waals surface area contributed by atoms with Crippen molar-refractivity contribution in [3.8, 4) is 0 Å². The van der Waals surface area contributed by atoms with Crippen LogP contribution in [0.15, 0.2) is 5.11 Å². The van der Waals surface area contributed by atoms with Crippen LogP contribution in [0.1, 0.15) is 26.2 Å². The van der Waals surface area contributed by atoms with Crippen molar-refractivity contribution in [2.75, 3.05) is 6.61 Å². The minimum absolute atomic E-state index is 0.374. The van der Waals surface area contributed by atoms with E-state index in [2.05, 4.69) is 10.0 Å². The molecule has 1 aliphatic heterocycles. The molecule has 1 heterocycles. The van der Waals surface area contributed by atoms with Crippen LogP contribution in [-0.4, -0.2) is 58.1 Å². The number of nitrogens with zero attached hydrogens (tertiary/aromatic N) is 3. The van der Waals surface area contributed by atoms with Gasteiger partial charge in [-0.25, -0.2) is 0 Å². The fourth-order valence-corrected chi connectivity index (χ4v) is 3.15. The molecule has 12 nitrogen and oxygen atoms in total. The fraction of sp³-hybridized carbons (Fsp3) is 0.714. The van der Waals surface area contributed by atoms with Crippen molar-refractivity contribution in [2.24, 2.45) is 22.9 Å². The molecule has 144 valence electrons. The van der Waals surface area contributed by atoms with Gasteiger partial charge in [-0.3, -0.25) is 19.2 Å². The lowest BCUT2D eigenvalue weighted by molar-refractivity contribution is -0.186. The van der Waals surface area contributed by atoms with Crippen molar-refractivity contribution in [1.29, 1.82) is 0 Å². The molecule has 0 saturated carbocycles. The number of esters is 1. The lowest BCUT2D eigenvalue weighted by Crippen LogP contribution is -2.50. The number of hydrogen-bond acceptors (Lipinski definition) is 7. The predicted octanol–water partition coefficient (Wildman–Crippen LogP) is 0.857. The van der Waals surface area contributed by atoms with Crippen molar-refractivity contribution >= 4 is 23.9 Å². The first-order chi connectivity index (χ1) is 12.1. The second-order valence-corrected chi connectivity index (χ2v) is 5.86. The molecule has 5 atom stereocenters. The molecule has 0 bridgehead atoms. The molecule has 0 amide bonds. The highest BCUT2D eigenvalue weighted by Gasteiger charge is 2.47. The van der Waals surface area contributed by atoms with Gasteiger partial charge in [0.25, 0.3) is 0 Å². The van der Waals surface area contributed by atoms with Gasteiger partial charge in [0.1, 0.15) is 12.8 Å². The Morgan fingerprint density at radius 3 is 1.96 bits per heavy atom. The smallest absolute Gasteiger partial charge is 0.303 e. The van der Waals surface area contributed by atoms with E-state index in [9.17, 15) is 19.2 Å². The second kappa shape index (κ2) is 9.59. The quantitative estimate of drug-likeness (QED) is 0.227. The number of ether oxygens (including phenoxy) is 2. The number of rotatable bonds is 9. The van der Waals surface area contributed by atoms with Gasteiger partial charge in [0.05, 0.1) is 18.9 Å². The summed E-state index contributed by atoms with van der Waals surface area (Å²) in [5, 5.41) is 30.8. The average molecular weight is 373 g/mol. The zero-order chi connectivity index (χ0) is 19.9. The van der Waals surface area contributed by atoms with Crippen LogP contribution in [0.4, 0.5) is 0 Å². The van der Waals surface area contributed by atoms with E-state index >= 15 is 0 Å². The summed E-state index contributed by atoms with van der Waals surface area (Å²) in [4.78, 5) is 47.2. The van der Waals surface area contributed by atoms with Crippen LogP contribution in [0.5, 0.6) is 0 Å². The van der Waals surface area contributed by atoms with E-state index in [0.29, 0.717) is 0 Å². The average Bonchev–Trinajstić information content (AvgIpc) is 2.50. The first kappa shape index (κ1) is 21.2. The first-order valence-corrected chi connectivity index (χ1v) is 7.64. The van der Waals surface area contributed by atoms with E-state index in [4.69, 9.17) is 30.3 Å². The van der Waals surface area contributed by atoms with E-state index in [0.717, 1.165) is 6.92 Å². The molecule has 1 saturated heterocycles. The molecule has 0 spiro atoms. The van der Waals surface area contributed by atoms with Crippen LogP contribution in [0.3, 0.4) is 0 Å². The standard InChI is InChI=1S/C14H19N3O9/c1-6(18)25-5-10-8(3-12(21)22)7(2-11(19)20)9(4-13(23)24)14(26-10)16-17-15/h7-10,14H,2-5H2,1H3,(H,19,20)(H,21,22)(H,23,24)/t7-,8-,9-,10+,14-/m1/s1. The molecule has 1 fully saturated rings. The number of carboxylic acid groups (broad SMARTS) is 3. The number of carbonyl (C=O) groups excluding carboxylic acids is 1. The number of carboxylic acids is 3. The minimum Gasteiger partial charge on any atom is -0.481 e. The highest BCUT2D eigenvalue weighted by atomic mass is 16.6. The molecule has 0 radical (unpaired) electrons. The van der Waals surface area contributed by atoms with Crippen molar-refractivity contribution in [2.45, 2.75) is 38.5 Å². The van der Waals surface area contributed by atoms with Gasteiger partial charge in [0, 0.05) is 30.1 Å². The number of carbonyl (C=O) groups is 4. The molecular weight excluding hydrogens is 354 g/mol. The Hall–Kier alpha value is -2.85. The van der Waals surface area contributed by atoms with E-state index in [-0.39, 0.29) is 6.61 Å². The van der Waals surface area contributed by atoms with E-state index in [1.807, 2.05) is 0 Å². The van der Waals surface area contributed by atoms with Crippen molar-refractivity contribution in [3.05, 3.63) is 10.4 Å². The zero-order valence-corrected chi connectivity index (χ0v) is 13.8. The van der Waals surface area contributed by atoms with Gasteiger partial charge < -0.3 is 24.8 Å². The third-order valence-corrected chi connectivity index (χ3v) is 4.11. The third kappa shape index (κ3) is 6.22. The van der Waals surface area contributed by atoms with Gasteiger partial charge in [-0.2, -0.15) is 0 Å². The Morgan fingerprint density at radius 1 is 1.00 bits per heavy atom. The summed E-state index contributed by atoms with van der Waals surface area (Å²) in [5.41, 5.74) is 8.69. The number of azide groups is 1. The van der Waals surface area contributed by atoms with Gasteiger partial charge in [-0.1, -0.05) is 5.11 Å². The summed E-state index contributed by atoms with van der Waals surface area (Å²) in [6.07, 6.45) is -4.03. The highest BCUT2D eigenvalue weighted by Crippen LogP contribution is 2.42. The molecule has 0 aromatic heterocycles. The highest BCUT2D eigenvalue weighted by molar-refractivity contribution is 5.70. The molecule has 0 aliphatic carbocycles. The molecule has 3 N–H and O–H groups in total. The molecule has 12 heteroatoms. The van der Waals surface area contributed by atoms with E-state index < -0.39 is 73.2 Å². The topological polar surface area (TPSA) is 196 Å². The Kier molecular flexibility index (Phi) is 7.81. The maximum absolute atomic E-state index is 11.2. The Balaban J connectivity index is 3.28. The SMILES string of the molecule is CC(=O)OC[C@@H]1O[C@@H](N=[N+]=[N-])[C@H](CC(=O)O)[C@H](CC(=O)O)[C@H]1CC(=O)O. The molecule has 1 rings (SSSR count). The molecular formula is C14H19N3O9. The number of aliphatic carboxylic acids is 3. The van der Waals surface area contributed by atoms with Crippen molar-refractivity contribution < 1.29 is 44.0 Å². The van der Waals surface area contributed by atoms with Crippen LogP contribution in [-0.2, 0) is 28.7 Å². The molecule has 0 aromatic carbocycles. The van der Waals surface area contributed by atoms with Crippen LogP contribution in [0.2, 0.25) is 0 Å². The van der Waals surface area contributed by atoms with Crippen LogP contribution in [0, 0.1) is 17.8 Å². The first-order valence-electron chi connectivity index (χ1n) is 7.64. The summed E-state index contributed by atoms with van der Waals surface area (Å²) in [6.45, 7) is 0.753. The Morgan fingerprint density at radius 2 is 1.50 bits per heavy atom. The molecule has 26 heavy (non-hydrogen) atoms. The van der Waals surface area contributed by atoms with Gasteiger partial charge >= 0.3 is 23.9 Å². The van der Waals surface area contributed by atoms with Gasteiger partial charge in [-0.15, -0.1) is 0 Å². The van der Waals surface area contributed by atoms with Crippen LogP contribution >= 0.6 is 0 Å². The number of hydrogen-bond donors (Lipinski definition) is 3. The Bertz CT molecular complexity index is 617. The minimum atomic E-state index is -1.33. The molecule has 1 aliphatic rings. The van der Waals surface area contributed by atoms with Crippen molar-refractivity contribution in [1.82, 2.24) is 0 Å². The lowest BCUT2D eigenvalue weighted by Gasteiger charge is -2.44. The maximum atomic E-state index is 11.2. The predicted molar refractivity (Wildman–Crippen MR) is 81.7 cm³/mol. The summed E-state index contributed by atoms with van der Waals surface area (Å²) < 4.78 is 10.3. The fourth-order valence-electron chi connectivity index (χ4n) is 3.15. The summed E-state index contributed by atoms with van der Waals surface area (Å²) in [5.74, 6) is -7.42. The normalized spacial score (nSPS) is 27.8. The van der Waals surface area contributed by atoms with Gasteiger partial charge in [0.2, 0.25) is 0 Å². The van der Waals surface area contributed by atoms with Crippen molar-refractivity contribution in [3.63, 3.8) is 0 Å². The third-order valence-electron chi connectivity index (χ3n) is 4.11. The summed E-state index contributed by atoms with van der Waals surface area (Å²) in [7, 11) is 0. The second-order valence-electron chi connectivity index (χ2n) is 5.86. The van der Waals surface area contributed by atoms with E-state index in [1.165, 1.54) is 0 Å². The van der Waals surface area contributed by atoms with E-state index in [1.54, 1.807) is 0 Å². The lowest BCUT2D eigenvalue weighted by atomic mass is 9.71. The maximum Gasteiger partial charge on any atom is 0.303 e. The van der Waals surface area contributed by atoms with Crippen LogP contribution in [0.25, 0.3) is 10.4 Å². The van der Waals surface area contributed by atoms with Gasteiger partial charge in [0.15, 0.2) is 0 Å². The van der Waals surface area contributed by atoms with Gasteiger partial charge in [-0.05, 0) is 11.4 Å². The van der Waals surface area contributed by atoms with Crippen LogP contribution < -0.4 is 0 Å². The summed E-state index contributed by atoms with van der Waals surface area (Å²) in [6, 6.07) is 0. The molecule has 0 aromatic rings. The largest absolute Gasteiger partial charge is 0.481 e. The Labute approximate surface area is 147 Å². The monoisotopic (exact) mass is 373 g/mol. The zero-order valence-electron chi connectivity index (χ0n) is 13.8. The summed E-state index contributed by atoms with van der Waals surface area (Å²) >= 11 is 0.